The van der Waals surface area contributed by atoms with E-state index in [1.165, 1.54) is 0 Å². The summed E-state index contributed by atoms with van der Waals surface area (Å²) in [5, 5.41) is 6.97. The van der Waals surface area contributed by atoms with Crippen molar-refractivity contribution in [1.29, 1.82) is 0 Å². The van der Waals surface area contributed by atoms with Gasteiger partial charge in [0.25, 0.3) is 0 Å². The van der Waals surface area contributed by atoms with Gasteiger partial charge < -0.3 is 15.6 Å². The van der Waals surface area contributed by atoms with E-state index in [0.717, 1.165) is 42.0 Å². The lowest BCUT2D eigenvalue weighted by atomic mass is 10.1. The van der Waals surface area contributed by atoms with Crippen LogP contribution < -0.4 is 11.1 Å². The Morgan fingerprint density at radius 2 is 1.80 bits per heavy atom. The highest BCUT2D eigenvalue weighted by atomic mass is 16.5. The highest BCUT2D eigenvalue weighted by molar-refractivity contribution is 5.90. The van der Waals surface area contributed by atoms with Crippen molar-refractivity contribution in [3.63, 3.8) is 0 Å². The first-order chi connectivity index (χ1) is 12.2. The van der Waals surface area contributed by atoms with Gasteiger partial charge in [-0.15, -0.1) is 0 Å². The topological polar surface area (TPSA) is 81.2 Å². The standard InChI is InChI=1S/C20H21N3O2/c21-18-12-6-5-11-17(18)19-14-16(25-23-19)10-4-7-13-20(24)22-15-8-2-1-3-9-15/h1-3,5-6,8-9,11-12,14H,4,7,10,13,21H2,(H,22,24). The summed E-state index contributed by atoms with van der Waals surface area (Å²) in [6, 6.07) is 19.0. The molecule has 0 saturated carbocycles. The third-order valence-corrected chi connectivity index (χ3v) is 3.93. The summed E-state index contributed by atoms with van der Waals surface area (Å²) in [6.07, 6.45) is 2.89. The zero-order valence-electron chi connectivity index (χ0n) is 13.9. The number of hydrogen-bond donors (Lipinski definition) is 2. The Morgan fingerprint density at radius 3 is 2.60 bits per heavy atom. The summed E-state index contributed by atoms with van der Waals surface area (Å²) in [5.74, 6) is 0.836. The van der Waals surface area contributed by atoms with E-state index in [-0.39, 0.29) is 5.91 Å². The average molecular weight is 335 g/mol. The van der Waals surface area contributed by atoms with Gasteiger partial charge in [0.05, 0.1) is 0 Å². The van der Waals surface area contributed by atoms with Crippen LogP contribution in [-0.2, 0) is 11.2 Å². The zero-order chi connectivity index (χ0) is 17.5. The van der Waals surface area contributed by atoms with Crippen LogP contribution in [0.3, 0.4) is 0 Å². The third kappa shape index (κ3) is 4.70. The van der Waals surface area contributed by atoms with Gasteiger partial charge in [-0.1, -0.05) is 41.6 Å². The van der Waals surface area contributed by atoms with E-state index in [1.54, 1.807) is 0 Å². The fourth-order valence-corrected chi connectivity index (χ4v) is 2.62. The van der Waals surface area contributed by atoms with Gasteiger partial charge in [0.15, 0.2) is 0 Å². The van der Waals surface area contributed by atoms with Crippen LogP contribution in [-0.4, -0.2) is 11.1 Å². The number of unbranched alkanes of at least 4 members (excludes halogenated alkanes) is 1. The van der Waals surface area contributed by atoms with Gasteiger partial charge in [-0.3, -0.25) is 4.79 Å². The first kappa shape index (κ1) is 16.8. The molecule has 0 spiro atoms. The summed E-state index contributed by atoms with van der Waals surface area (Å²) in [5.41, 5.74) is 9.08. The van der Waals surface area contributed by atoms with Crippen LogP contribution in [0.4, 0.5) is 11.4 Å². The Kier molecular flexibility index (Phi) is 5.46. The molecule has 0 saturated heterocycles. The van der Waals surface area contributed by atoms with E-state index in [0.29, 0.717) is 12.1 Å². The number of aromatic nitrogens is 1. The number of nitrogens with zero attached hydrogens (tertiary/aromatic N) is 1. The Balaban J connectivity index is 1.44. The van der Waals surface area contributed by atoms with Crippen LogP contribution in [0.5, 0.6) is 0 Å². The summed E-state index contributed by atoms with van der Waals surface area (Å²) in [7, 11) is 0. The number of anilines is 2. The van der Waals surface area contributed by atoms with Crippen LogP contribution in [0, 0.1) is 0 Å². The molecule has 0 aliphatic heterocycles. The second-order valence-electron chi connectivity index (χ2n) is 5.89. The quantitative estimate of drug-likeness (QED) is 0.499. The normalized spacial score (nSPS) is 10.6. The molecule has 0 radical (unpaired) electrons. The first-order valence-corrected chi connectivity index (χ1v) is 8.38. The van der Waals surface area contributed by atoms with E-state index in [2.05, 4.69) is 10.5 Å². The zero-order valence-corrected chi connectivity index (χ0v) is 13.9. The Hall–Kier alpha value is -3.08. The maximum absolute atomic E-state index is 11.9. The number of hydrogen-bond acceptors (Lipinski definition) is 4. The summed E-state index contributed by atoms with van der Waals surface area (Å²) >= 11 is 0. The minimum Gasteiger partial charge on any atom is -0.398 e. The van der Waals surface area contributed by atoms with Gasteiger partial charge in [-0.2, -0.15) is 0 Å². The van der Waals surface area contributed by atoms with Gasteiger partial charge in [-0.05, 0) is 31.0 Å². The van der Waals surface area contributed by atoms with Gasteiger partial charge >= 0.3 is 0 Å². The van der Waals surface area contributed by atoms with Crippen LogP contribution in [0.2, 0.25) is 0 Å². The van der Waals surface area contributed by atoms with Crippen molar-refractivity contribution in [2.75, 3.05) is 11.1 Å². The highest BCUT2D eigenvalue weighted by Gasteiger charge is 2.09. The molecule has 3 rings (SSSR count). The van der Waals surface area contributed by atoms with Crippen molar-refractivity contribution in [3.8, 4) is 11.3 Å². The third-order valence-electron chi connectivity index (χ3n) is 3.93. The lowest BCUT2D eigenvalue weighted by Crippen LogP contribution is -2.10. The van der Waals surface area contributed by atoms with Gasteiger partial charge in [-0.25, -0.2) is 0 Å². The number of carbonyl (C=O) groups excluding carboxylic acids is 1. The minimum absolute atomic E-state index is 0.0292. The molecule has 3 N–H and O–H groups in total. The monoisotopic (exact) mass is 335 g/mol. The Morgan fingerprint density at radius 1 is 1.04 bits per heavy atom. The summed E-state index contributed by atoms with van der Waals surface area (Å²) in [6.45, 7) is 0. The number of amides is 1. The number of benzene rings is 2. The molecular weight excluding hydrogens is 314 g/mol. The second kappa shape index (κ2) is 8.15. The fraction of sp³-hybridized carbons (Fsp3) is 0.200. The molecule has 128 valence electrons. The molecule has 0 aliphatic carbocycles. The van der Waals surface area contributed by atoms with Crippen molar-refractivity contribution in [2.45, 2.75) is 25.7 Å². The smallest absolute Gasteiger partial charge is 0.224 e. The predicted octanol–water partition coefficient (Wildman–Crippen LogP) is 4.28. The maximum Gasteiger partial charge on any atom is 0.224 e. The molecule has 5 heteroatoms. The van der Waals surface area contributed by atoms with Crippen LogP contribution in [0.25, 0.3) is 11.3 Å². The van der Waals surface area contributed by atoms with Crippen LogP contribution in [0.1, 0.15) is 25.0 Å². The first-order valence-electron chi connectivity index (χ1n) is 8.38. The van der Waals surface area contributed by atoms with Gasteiger partial charge in [0.2, 0.25) is 5.91 Å². The number of nitrogen functional groups attached to an aromatic ring is 1. The van der Waals surface area contributed by atoms with Crippen LogP contribution in [0.15, 0.2) is 65.2 Å². The molecular formula is C20H21N3O2. The minimum atomic E-state index is 0.0292. The number of carbonyl (C=O) groups is 1. The lowest BCUT2D eigenvalue weighted by molar-refractivity contribution is -0.116. The molecule has 0 bridgehead atoms. The Labute approximate surface area is 146 Å². The lowest BCUT2D eigenvalue weighted by Gasteiger charge is -2.04. The maximum atomic E-state index is 11.9. The molecule has 3 aromatic rings. The summed E-state index contributed by atoms with van der Waals surface area (Å²) < 4.78 is 5.37. The van der Waals surface area contributed by atoms with Gasteiger partial charge in [0, 0.05) is 35.8 Å². The molecule has 5 nitrogen and oxygen atoms in total. The largest absolute Gasteiger partial charge is 0.398 e. The summed E-state index contributed by atoms with van der Waals surface area (Å²) in [4.78, 5) is 11.9. The molecule has 0 unspecified atom stereocenters. The van der Waals surface area contributed by atoms with Crippen molar-refractivity contribution in [1.82, 2.24) is 5.16 Å². The second-order valence-corrected chi connectivity index (χ2v) is 5.89. The van der Waals surface area contributed by atoms with Gasteiger partial charge in [0.1, 0.15) is 11.5 Å². The molecule has 1 heterocycles. The van der Waals surface area contributed by atoms with E-state index < -0.39 is 0 Å². The van der Waals surface area contributed by atoms with E-state index in [1.807, 2.05) is 60.7 Å². The van der Waals surface area contributed by atoms with Crippen molar-refractivity contribution in [3.05, 3.63) is 66.4 Å². The highest BCUT2D eigenvalue weighted by Crippen LogP contribution is 2.25. The van der Waals surface area contributed by atoms with Crippen LogP contribution >= 0.6 is 0 Å². The van der Waals surface area contributed by atoms with Crippen molar-refractivity contribution >= 4 is 17.3 Å². The average Bonchev–Trinajstić information content (AvgIpc) is 3.09. The molecule has 1 amide bonds. The number of nitrogens with one attached hydrogen (secondary N) is 1. The number of nitrogens with two attached hydrogens (primary N) is 1. The van der Waals surface area contributed by atoms with Crippen molar-refractivity contribution < 1.29 is 9.32 Å². The molecule has 0 atom stereocenters. The number of rotatable bonds is 7. The molecule has 25 heavy (non-hydrogen) atoms. The number of aryl methyl sites for hydroxylation is 1. The number of para-hydroxylation sites is 2. The Bertz CT molecular complexity index is 828. The fourth-order valence-electron chi connectivity index (χ4n) is 2.62. The SMILES string of the molecule is Nc1ccccc1-c1cc(CCCCC(=O)Nc2ccccc2)on1. The molecule has 2 aromatic carbocycles. The van der Waals surface area contributed by atoms with Crippen molar-refractivity contribution in [2.24, 2.45) is 0 Å². The molecule has 1 aromatic heterocycles. The van der Waals surface area contributed by atoms with E-state index >= 15 is 0 Å². The van der Waals surface area contributed by atoms with E-state index in [9.17, 15) is 4.79 Å². The van der Waals surface area contributed by atoms with E-state index in [4.69, 9.17) is 10.3 Å². The predicted molar refractivity (Wildman–Crippen MR) is 99.0 cm³/mol. The molecule has 0 fully saturated rings. The molecule has 0 aliphatic rings.